The number of aromatic hydroxyl groups is 1. The molecule has 0 radical (unpaired) electrons. The fourth-order valence-electron chi connectivity index (χ4n) is 1.68. The van der Waals surface area contributed by atoms with Gasteiger partial charge in [-0.1, -0.05) is 0 Å². The molecule has 3 nitrogen and oxygen atoms in total. The maximum Gasteiger partial charge on any atom is 0.130 e. The van der Waals surface area contributed by atoms with Gasteiger partial charge < -0.3 is 15.8 Å². The van der Waals surface area contributed by atoms with Crippen LogP contribution in [0, 0.1) is 6.92 Å². The molecular formula is C10H11BrN2O. The number of nitrogens with two attached hydrogens (primary N) is 1. The summed E-state index contributed by atoms with van der Waals surface area (Å²) in [4.78, 5) is 3.22. The fourth-order valence-corrected chi connectivity index (χ4v) is 2.27. The number of phenolic OH excluding ortho intramolecular Hbond substituents is 1. The van der Waals surface area contributed by atoms with Crippen molar-refractivity contribution in [3.63, 3.8) is 0 Å². The summed E-state index contributed by atoms with van der Waals surface area (Å²) in [5.74, 6) is 0.242. The zero-order chi connectivity index (χ0) is 10.3. The van der Waals surface area contributed by atoms with E-state index in [4.69, 9.17) is 5.73 Å². The molecule has 4 heteroatoms. The lowest BCUT2D eigenvalue weighted by atomic mass is 10.1. The van der Waals surface area contributed by atoms with Crippen molar-refractivity contribution >= 4 is 26.8 Å². The first-order valence-electron chi connectivity index (χ1n) is 4.34. The molecule has 2 rings (SSSR count). The van der Waals surface area contributed by atoms with Gasteiger partial charge in [-0.05, 0) is 40.5 Å². The predicted molar refractivity (Wildman–Crippen MR) is 60.3 cm³/mol. The molecule has 0 saturated carbocycles. The van der Waals surface area contributed by atoms with Gasteiger partial charge in [0.1, 0.15) is 5.75 Å². The van der Waals surface area contributed by atoms with E-state index >= 15 is 0 Å². The average molecular weight is 255 g/mol. The molecule has 0 fully saturated rings. The Hall–Kier alpha value is -1.00. The van der Waals surface area contributed by atoms with Gasteiger partial charge in [-0.2, -0.15) is 0 Å². The summed E-state index contributed by atoms with van der Waals surface area (Å²) in [5.41, 5.74) is 8.74. The van der Waals surface area contributed by atoms with E-state index in [1.165, 1.54) is 0 Å². The van der Waals surface area contributed by atoms with Crippen molar-refractivity contribution in [3.8, 4) is 5.75 Å². The van der Waals surface area contributed by atoms with Gasteiger partial charge in [0, 0.05) is 23.1 Å². The second kappa shape index (κ2) is 3.29. The molecule has 1 aromatic heterocycles. The van der Waals surface area contributed by atoms with E-state index in [1.54, 1.807) is 6.07 Å². The molecular weight excluding hydrogens is 244 g/mol. The van der Waals surface area contributed by atoms with Crippen molar-refractivity contribution < 1.29 is 5.11 Å². The van der Waals surface area contributed by atoms with E-state index in [9.17, 15) is 5.11 Å². The van der Waals surface area contributed by atoms with Crippen LogP contribution in [0.3, 0.4) is 0 Å². The number of aromatic nitrogens is 1. The topological polar surface area (TPSA) is 62.0 Å². The highest BCUT2D eigenvalue weighted by molar-refractivity contribution is 9.10. The zero-order valence-corrected chi connectivity index (χ0v) is 9.35. The minimum Gasteiger partial charge on any atom is -0.507 e. The standard InChI is InChI=1S/C10H11BrN2O/c1-5-6(4-12)9-7(13-5)2-3-8(14)10(9)11/h2-3,13-14H,4,12H2,1H3. The first-order valence-corrected chi connectivity index (χ1v) is 5.13. The molecule has 0 amide bonds. The van der Waals surface area contributed by atoms with E-state index in [1.807, 2.05) is 13.0 Å². The molecule has 14 heavy (non-hydrogen) atoms. The highest BCUT2D eigenvalue weighted by Gasteiger charge is 2.12. The lowest BCUT2D eigenvalue weighted by molar-refractivity contribution is 0.473. The Morgan fingerprint density at radius 2 is 2.21 bits per heavy atom. The Morgan fingerprint density at radius 1 is 1.50 bits per heavy atom. The highest BCUT2D eigenvalue weighted by Crippen LogP contribution is 2.35. The number of hydrogen-bond donors (Lipinski definition) is 3. The van der Waals surface area contributed by atoms with Crippen molar-refractivity contribution in [2.45, 2.75) is 13.5 Å². The van der Waals surface area contributed by atoms with E-state index in [0.717, 1.165) is 22.2 Å². The first-order chi connectivity index (χ1) is 6.65. The van der Waals surface area contributed by atoms with Gasteiger partial charge in [-0.15, -0.1) is 0 Å². The van der Waals surface area contributed by atoms with Gasteiger partial charge in [0.2, 0.25) is 0 Å². The van der Waals surface area contributed by atoms with Crippen molar-refractivity contribution in [3.05, 3.63) is 27.9 Å². The minimum atomic E-state index is 0.242. The number of aromatic amines is 1. The lowest BCUT2D eigenvalue weighted by Gasteiger charge is -2.00. The molecule has 0 aliphatic heterocycles. The van der Waals surface area contributed by atoms with Crippen LogP contribution in [-0.2, 0) is 6.54 Å². The van der Waals surface area contributed by atoms with Gasteiger partial charge in [0.05, 0.1) is 4.47 Å². The van der Waals surface area contributed by atoms with Crippen LogP contribution in [0.2, 0.25) is 0 Å². The smallest absolute Gasteiger partial charge is 0.130 e. The van der Waals surface area contributed by atoms with Crippen molar-refractivity contribution in [1.29, 1.82) is 0 Å². The predicted octanol–water partition coefficient (Wildman–Crippen LogP) is 2.40. The Balaban J connectivity index is 2.90. The molecule has 0 bridgehead atoms. The van der Waals surface area contributed by atoms with Gasteiger partial charge >= 0.3 is 0 Å². The second-order valence-electron chi connectivity index (χ2n) is 3.25. The summed E-state index contributed by atoms with van der Waals surface area (Å²) in [6.45, 7) is 2.44. The maximum absolute atomic E-state index is 9.54. The number of phenols is 1. The Bertz CT molecular complexity index is 490. The lowest BCUT2D eigenvalue weighted by Crippen LogP contribution is -1.97. The summed E-state index contributed by atoms with van der Waals surface area (Å²) >= 11 is 3.36. The number of benzene rings is 1. The number of aryl methyl sites for hydroxylation is 1. The summed E-state index contributed by atoms with van der Waals surface area (Å²) in [6.07, 6.45) is 0. The molecule has 0 unspecified atom stereocenters. The fraction of sp³-hybridized carbons (Fsp3) is 0.200. The van der Waals surface area contributed by atoms with E-state index in [-0.39, 0.29) is 5.75 Å². The van der Waals surface area contributed by atoms with Crippen LogP contribution in [0.1, 0.15) is 11.3 Å². The molecule has 1 aromatic carbocycles. The highest BCUT2D eigenvalue weighted by atomic mass is 79.9. The molecule has 74 valence electrons. The van der Waals surface area contributed by atoms with E-state index < -0.39 is 0 Å². The molecule has 4 N–H and O–H groups in total. The number of fused-ring (bicyclic) bond motifs is 1. The first kappa shape index (κ1) is 9.55. The Kier molecular flexibility index (Phi) is 2.25. The molecule has 0 aliphatic rings. The number of H-pyrrole nitrogens is 1. The third-order valence-electron chi connectivity index (χ3n) is 2.40. The second-order valence-corrected chi connectivity index (χ2v) is 4.05. The van der Waals surface area contributed by atoms with Crippen LogP contribution >= 0.6 is 15.9 Å². The summed E-state index contributed by atoms with van der Waals surface area (Å²) in [6, 6.07) is 3.50. The van der Waals surface area contributed by atoms with Crippen molar-refractivity contribution in [2.24, 2.45) is 5.73 Å². The summed E-state index contributed by atoms with van der Waals surface area (Å²) in [5, 5.41) is 10.5. The average Bonchev–Trinajstić information content (AvgIpc) is 2.48. The van der Waals surface area contributed by atoms with Crippen LogP contribution in [0.25, 0.3) is 10.9 Å². The van der Waals surface area contributed by atoms with Gasteiger partial charge in [-0.3, -0.25) is 0 Å². The largest absolute Gasteiger partial charge is 0.507 e. The minimum absolute atomic E-state index is 0.242. The van der Waals surface area contributed by atoms with E-state index in [0.29, 0.717) is 11.0 Å². The van der Waals surface area contributed by atoms with Crippen LogP contribution < -0.4 is 5.73 Å². The van der Waals surface area contributed by atoms with Crippen LogP contribution in [0.4, 0.5) is 0 Å². The van der Waals surface area contributed by atoms with Crippen LogP contribution in [0.15, 0.2) is 16.6 Å². The number of halogens is 1. The zero-order valence-electron chi connectivity index (χ0n) is 7.76. The van der Waals surface area contributed by atoms with Gasteiger partial charge in [0.25, 0.3) is 0 Å². The van der Waals surface area contributed by atoms with Crippen molar-refractivity contribution in [2.75, 3.05) is 0 Å². The molecule has 0 atom stereocenters. The third kappa shape index (κ3) is 1.22. The SMILES string of the molecule is Cc1[nH]c2ccc(O)c(Br)c2c1CN. The molecule has 0 aliphatic carbocycles. The maximum atomic E-state index is 9.54. The molecule has 1 heterocycles. The molecule has 2 aromatic rings. The quantitative estimate of drug-likeness (QED) is 0.732. The third-order valence-corrected chi connectivity index (χ3v) is 3.21. The number of nitrogens with one attached hydrogen (secondary N) is 1. The molecule has 0 saturated heterocycles. The van der Waals surface area contributed by atoms with E-state index in [2.05, 4.69) is 20.9 Å². The Morgan fingerprint density at radius 3 is 2.86 bits per heavy atom. The van der Waals surface area contributed by atoms with Crippen LogP contribution in [-0.4, -0.2) is 10.1 Å². The Labute approximate surface area is 90.1 Å². The monoisotopic (exact) mass is 254 g/mol. The van der Waals surface area contributed by atoms with Crippen LogP contribution in [0.5, 0.6) is 5.75 Å². The number of rotatable bonds is 1. The summed E-state index contributed by atoms with van der Waals surface area (Å²) < 4.78 is 0.708. The number of hydrogen-bond acceptors (Lipinski definition) is 2. The molecule has 0 spiro atoms. The van der Waals surface area contributed by atoms with Crippen molar-refractivity contribution in [1.82, 2.24) is 4.98 Å². The normalized spacial score (nSPS) is 11.1. The van der Waals surface area contributed by atoms with Gasteiger partial charge in [0.15, 0.2) is 0 Å². The summed E-state index contributed by atoms with van der Waals surface area (Å²) in [7, 11) is 0. The van der Waals surface area contributed by atoms with Gasteiger partial charge in [-0.25, -0.2) is 0 Å².